The van der Waals surface area contributed by atoms with E-state index in [1.165, 1.54) is 18.2 Å². The Labute approximate surface area is 138 Å². The minimum atomic E-state index is -0.646. The van der Waals surface area contributed by atoms with E-state index >= 15 is 0 Å². The van der Waals surface area contributed by atoms with E-state index in [0.29, 0.717) is 23.4 Å². The zero-order valence-electron chi connectivity index (χ0n) is 12.7. The minimum absolute atomic E-state index is 0.0256. The molecule has 120 valence electrons. The van der Waals surface area contributed by atoms with Crippen molar-refractivity contribution in [3.8, 4) is 6.07 Å². The van der Waals surface area contributed by atoms with Crippen molar-refractivity contribution in [2.24, 2.45) is 0 Å². The molecule has 1 atom stereocenters. The topological polar surface area (TPSA) is 82.0 Å². The molecule has 2 N–H and O–H groups in total. The van der Waals surface area contributed by atoms with Crippen molar-refractivity contribution >= 4 is 17.5 Å². The predicted octanol–water partition coefficient (Wildman–Crippen LogP) is 2.44. The van der Waals surface area contributed by atoms with E-state index in [9.17, 15) is 14.0 Å². The maximum absolute atomic E-state index is 13.3. The first-order valence-corrected chi connectivity index (χ1v) is 7.43. The van der Waals surface area contributed by atoms with E-state index in [0.717, 1.165) is 5.56 Å². The van der Waals surface area contributed by atoms with Crippen molar-refractivity contribution in [3.05, 3.63) is 65.0 Å². The van der Waals surface area contributed by atoms with Gasteiger partial charge in [-0.3, -0.25) is 9.59 Å². The first-order chi connectivity index (χ1) is 11.6. The van der Waals surface area contributed by atoms with Gasteiger partial charge in [0.15, 0.2) is 0 Å². The molecule has 1 unspecified atom stereocenters. The number of rotatable bonds is 3. The summed E-state index contributed by atoms with van der Waals surface area (Å²) >= 11 is 0. The van der Waals surface area contributed by atoms with E-state index < -0.39 is 11.7 Å². The molecule has 2 amide bonds. The van der Waals surface area contributed by atoms with Crippen LogP contribution in [0.5, 0.6) is 0 Å². The highest BCUT2D eigenvalue weighted by molar-refractivity contribution is 6.01. The lowest BCUT2D eigenvalue weighted by molar-refractivity contribution is -0.126. The van der Waals surface area contributed by atoms with Crippen molar-refractivity contribution in [1.82, 2.24) is 5.32 Å². The van der Waals surface area contributed by atoms with Gasteiger partial charge in [-0.2, -0.15) is 5.26 Å². The summed E-state index contributed by atoms with van der Waals surface area (Å²) in [5.41, 5.74) is 2.34. The lowest BCUT2D eigenvalue weighted by Crippen LogP contribution is -2.34. The molecule has 0 fully saturated rings. The number of carbonyl (C=O) groups is 2. The number of nitrogens with zero attached hydrogens (tertiary/aromatic N) is 1. The molecule has 0 aromatic heterocycles. The second kappa shape index (κ2) is 6.50. The van der Waals surface area contributed by atoms with Gasteiger partial charge < -0.3 is 10.6 Å². The average molecular weight is 323 g/mol. The van der Waals surface area contributed by atoms with Crippen LogP contribution in [0.25, 0.3) is 0 Å². The summed E-state index contributed by atoms with van der Waals surface area (Å²) in [7, 11) is 0. The summed E-state index contributed by atoms with van der Waals surface area (Å²) in [5, 5.41) is 14.1. The smallest absolute Gasteiger partial charge is 0.228 e. The van der Waals surface area contributed by atoms with E-state index in [1.807, 2.05) is 6.07 Å². The van der Waals surface area contributed by atoms with Crippen molar-refractivity contribution < 1.29 is 14.0 Å². The standard InChI is InChI=1S/C18H14FN3O2/c19-13-5-6-14-15(8-17(23)22-16(14)7-13)18(24)21-10-12-3-1-11(9-20)2-4-12/h1-7,15H,8,10H2,(H,21,24)(H,22,23). The van der Waals surface area contributed by atoms with Gasteiger partial charge in [-0.1, -0.05) is 18.2 Å². The van der Waals surface area contributed by atoms with Crippen LogP contribution >= 0.6 is 0 Å². The number of anilines is 1. The second-order valence-corrected chi connectivity index (χ2v) is 5.56. The van der Waals surface area contributed by atoms with Crippen molar-refractivity contribution in [3.63, 3.8) is 0 Å². The fourth-order valence-electron chi connectivity index (χ4n) is 2.68. The van der Waals surface area contributed by atoms with Crippen molar-refractivity contribution in [2.75, 3.05) is 5.32 Å². The van der Waals surface area contributed by atoms with Gasteiger partial charge in [-0.15, -0.1) is 0 Å². The summed E-state index contributed by atoms with van der Waals surface area (Å²) in [5.74, 6) is -1.71. The summed E-state index contributed by atoms with van der Waals surface area (Å²) in [6, 6.07) is 12.9. The highest BCUT2D eigenvalue weighted by Crippen LogP contribution is 2.32. The maximum Gasteiger partial charge on any atom is 0.228 e. The van der Waals surface area contributed by atoms with Gasteiger partial charge in [0.1, 0.15) is 5.82 Å². The predicted molar refractivity (Wildman–Crippen MR) is 85.4 cm³/mol. The highest BCUT2D eigenvalue weighted by atomic mass is 19.1. The average Bonchev–Trinajstić information content (AvgIpc) is 2.59. The minimum Gasteiger partial charge on any atom is -0.351 e. The molecule has 0 saturated carbocycles. The van der Waals surface area contributed by atoms with Gasteiger partial charge in [0.25, 0.3) is 0 Å². The zero-order chi connectivity index (χ0) is 17.1. The third-order valence-corrected chi connectivity index (χ3v) is 3.92. The largest absolute Gasteiger partial charge is 0.351 e. The van der Waals surface area contributed by atoms with Gasteiger partial charge in [-0.25, -0.2) is 4.39 Å². The molecule has 2 aromatic rings. The summed E-state index contributed by atoms with van der Waals surface area (Å²) in [6.45, 7) is 0.291. The van der Waals surface area contributed by atoms with Gasteiger partial charge in [0.2, 0.25) is 11.8 Å². The number of fused-ring (bicyclic) bond motifs is 1. The molecule has 0 radical (unpaired) electrons. The van der Waals surface area contributed by atoms with Gasteiger partial charge in [-0.05, 0) is 35.4 Å². The monoisotopic (exact) mass is 323 g/mol. The van der Waals surface area contributed by atoms with Gasteiger partial charge in [0, 0.05) is 18.7 Å². The first-order valence-electron chi connectivity index (χ1n) is 7.43. The highest BCUT2D eigenvalue weighted by Gasteiger charge is 2.30. The molecule has 1 aliphatic rings. The Hall–Kier alpha value is -3.20. The third kappa shape index (κ3) is 3.25. The van der Waals surface area contributed by atoms with E-state index in [4.69, 9.17) is 5.26 Å². The van der Waals surface area contributed by atoms with Crippen LogP contribution in [-0.2, 0) is 16.1 Å². The fraction of sp³-hybridized carbons (Fsp3) is 0.167. The Morgan fingerprint density at radius 2 is 2.04 bits per heavy atom. The maximum atomic E-state index is 13.3. The molecule has 0 saturated heterocycles. The second-order valence-electron chi connectivity index (χ2n) is 5.56. The van der Waals surface area contributed by atoms with Crippen molar-refractivity contribution in [1.29, 1.82) is 5.26 Å². The van der Waals surface area contributed by atoms with Crippen LogP contribution < -0.4 is 10.6 Å². The molecular formula is C18H14FN3O2. The normalized spacial score (nSPS) is 15.8. The van der Waals surface area contributed by atoms with Gasteiger partial charge >= 0.3 is 0 Å². The van der Waals surface area contributed by atoms with Gasteiger partial charge in [0.05, 0.1) is 17.6 Å². The number of hydrogen-bond acceptors (Lipinski definition) is 3. The molecule has 1 aliphatic heterocycles. The number of halogens is 1. The molecule has 0 spiro atoms. The van der Waals surface area contributed by atoms with Crippen LogP contribution in [0.1, 0.15) is 29.0 Å². The third-order valence-electron chi connectivity index (χ3n) is 3.92. The van der Waals surface area contributed by atoms with Crippen molar-refractivity contribution in [2.45, 2.75) is 18.9 Å². The molecule has 1 heterocycles. The molecule has 5 nitrogen and oxygen atoms in total. The van der Waals surface area contributed by atoms with E-state index in [1.54, 1.807) is 24.3 Å². The summed E-state index contributed by atoms with van der Waals surface area (Å²) < 4.78 is 13.3. The molecule has 0 bridgehead atoms. The van der Waals surface area contributed by atoms with E-state index in [2.05, 4.69) is 10.6 Å². The van der Waals surface area contributed by atoms with Crippen LogP contribution in [0.15, 0.2) is 42.5 Å². The van der Waals surface area contributed by atoms with Crippen LogP contribution in [0, 0.1) is 17.1 Å². The number of hydrogen-bond donors (Lipinski definition) is 2. The Morgan fingerprint density at radius 3 is 2.75 bits per heavy atom. The van der Waals surface area contributed by atoms with Crippen LogP contribution in [-0.4, -0.2) is 11.8 Å². The Balaban J connectivity index is 1.73. The Morgan fingerprint density at radius 1 is 1.29 bits per heavy atom. The number of nitriles is 1. The number of carbonyl (C=O) groups excluding carboxylic acids is 2. The van der Waals surface area contributed by atoms with Crippen LogP contribution in [0.2, 0.25) is 0 Å². The SMILES string of the molecule is N#Cc1ccc(CNC(=O)C2CC(=O)Nc3cc(F)ccc32)cc1. The quantitative estimate of drug-likeness (QED) is 0.910. The lowest BCUT2D eigenvalue weighted by atomic mass is 9.89. The number of benzene rings is 2. The first kappa shape index (κ1) is 15.7. The molecule has 0 aliphatic carbocycles. The molecule has 24 heavy (non-hydrogen) atoms. The molecular weight excluding hydrogens is 309 g/mol. The number of amides is 2. The lowest BCUT2D eigenvalue weighted by Gasteiger charge is -2.24. The van der Waals surface area contributed by atoms with Crippen LogP contribution in [0.3, 0.4) is 0 Å². The number of nitrogens with one attached hydrogen (secondary N) is 2. The Kier molecular flexibility index (Phi) is 4.25. The fourth-order valence-corrected chi connectivity index (χ4v) is 2.68. The zero-order valence-corrected chi connectivity index (χ0v) is 12.7. The summed E-state index contributed by atoms with van der Waals surface area (Å²) in [4.78, 5) is 24.2. The van der Waals surface area contributed by atoms with Crippen LogP contribution in [0.4, 0.5) is 10.1 Å². The molecule has 2 aromatic carbocycles. The summed E-state index contributed by atoms with van der Waals surface area (Å²) in [6.07, 6.45) is 0.0256. The molecule has 3 rings (SSSR count). The molecule has 6 heteroatoms. The Bertz CT molecular complexity index is 840. The van der Waals surface area contributed by atoms with E-state index in [-0.39, 0.29) is 18.2 Å².